The highest BCUT2D eigenvalue weighted by molar-refractivity contribution is 7.07. The van der Waals surface area contributed by atoms with Gasteiger partial charge in [0, 0.05) is 0 Å². The number of carbonyl (C=O) groups excluding carboxylic acids is 1. The molecule has 0 spiro atoms. The van der Waals surface area contributed by atoms with Gasteiger partial charge in [-0.15, -0.1) is 0 Å². The third-order valence-electron chi connectivity index (χ3n) is 6.11. The van der Waals surface area contributed by atoms with Crippen molar-refractivity contribution in [3.8, 4) is 23.0 Å². The lowest BCUT2D eigenvalue weighted by Crippen LogP contribution is -2.40. The normalized spacial score (nSPS) is 14.9. The van der Waals surface area contributed by atoms with Crippen molar-refractivity contribution in [3.05, 3.63) is 78.5 Å². The second kappa shape index (κ2) is 12.2. The highest BCUT2D eigenvalue weighted by Gasteiger charge is 2.34. The van der Waals surface area contributed by atoms with Crippen molar-refractivity contribution >= 4 is 23.4 Å². The molecule has 0 saturated carbocycles. The third-order valence-corrected chi connectivity index (χ3v) is 7.09. The predicted molar refractivity (Wildman–Crippen MR) is 149 cm³/mol. The second-order valence-corrected chi connectivity index (χ2v) is 9.50. The topological polar surface area (TPSA) is 97.6 Å². The molecule has 0 bridgehead atoms. The SMILES string of the molecule is CCOC(=O)C1=C(C)N=c2s/c(=C\c3ccc(OC)c(OC)c3)c(=O)n2C1c1ccc(OCC)c(OCC)c1. The van der Waals surface area contributed by atoms with E-state index in [-0.39, 0.29) is 12.2 Å². The minimum absolute atomic E-state index is 0.194. The molecule has 10 heteroatoms. The summed E-state index contributed by atoms with van der Waals surface area (Å²) in [4.78, 5) is 32.2. The maximum Gasteiger partial charge on any atom is 0.338 e. The van der Waals surface area contributed by atoms with Gasteiger partial charge < -0.3 is 23.7 Å². The molecule has 1 aliphatic rings. The second-order valence-electron chi connectivity index (χ2n) is 8.49. The maximum absolute atomic E-state index is 13.9. The molecule has 3 aromatic rings. The monoisotopic (exact) mass is 552 g/mol. The zero-order valence-electron chi connectivity index (χ0n) is 22.9. The Balaban J connectivity index is 1.94. The van der Waals surface area contributed by atoms with E-state index >= 15 is 0 Å². The van der Waals surface area contributed by atoms with Gasteiger partial charge in [-0.3, -0.25) is 9.36 Å². The summed E-state index contributed by atoms with van der Waals surface area (Å²) in [7, 11) is 3.12. The Morgan fingerprint density at radius 1 is 0.949 bits per heavy atom. The fourth-order valence-corrected chi connectivity index (χ4v) is 5.49. The quantitative estimate of drug-likeness (QED) is 0.355. The molecule has 9 nitrogen and oxygen atoms in total. The van der Waals surface area contributed by atoms with Crippen LogP contribution in [-0.4, -0.2) is 44.6 Å². The molecule has 1 aliphatic heterocycles. The van der Waals surface area contributed by atoms with E-state index in [0.29, 0.717) is 62.4 Å². The van der Waals surface area contributed by atoms with Crippen LogP contribution in [0.5, 0.6) is 23.0 Å². The Kier molecular flexibility index (Phi) is 8.75. The van der Waals surface area contributed by atoms with Crippen LogP contribution in [0.15, 0.2) is 57.5 Å². The van der Waals surface area contributed by atoms with Crippen molar-refractivity contribution in [3.63, 3.8) is 0 Å². The number of carbonyl (C=O) groups is 1. The zero-order valence-corrected chi connectivity index (χ0v) is 23.7. The number of benzene rings is 2. The average molecular weight is 553 g/mol. The minimum Gasteiger partial charge on any atom is -0.493 e. The smallest absolute Gasteiger partial charge is 0.338 e. The molecule has 0 aliphatic carbocycles. The molecule has 2 heterocycles. The number of fused-ring (bicyclic) bond motifs is 1. The van der Waals surface area contributed by atoms with Crippen LogP contribution in [0, 0.1) is 0 Å². The third kappa shape index (κ3) is 5.56. The van der Waals surface area contributed by atoms with Gasteiger partial charge >= 0.3 is 5.97 Å². The van der Waals surface area contributed by atoms with Crippen molar-refractivity contribution in [2.24, 2.45) is 4.99 Å². The number of aromatic nitrogens is 1. The van der Waals surface area contributed by atoms with Gasteiger partial charge in [0.15, 0.2) is 27.8 Å². The predicted octanol–water partition coefficient (Wildman–Crippen LogP) is 3.61. The summed E-state index contributed by atoms with van der Waals surface area (Å²) in [5.74, 6) is 1.73. The van der Waals surface area contributed by atoms with Gasteiger partial charge in [0.2, 0.25) is 0 Å². The largest absolute Gasteiger partial charge is 0.493 e. The van der Waals surface area contributed by atoms with E-state index in [0.717, 1.165) is 5.56 Å². The van der Waals surface area contributed by atoms with Crippen molar-refractivity contribution < 1.29 is 28.5 Å². The molecular weight excluding hydrogens is 520 g/mol. The first-order valence-electron chi connectivity index (χ1n) is 12.7. The summed E-state index contributed by atoms with van der Waals surface area (Å²) < 4.78 is 29.7. The van der Waals surface area contributed by atoms with Crippen LogP contribution in [-0.2, 0) is 9.53 Å². The van der Waals surface area contributed by atoms with Gasteiger partial charge in [-0.25, -0.2) is 9.79 Å². The van der Waals surface area contributed by atoms with Crippen molar-refractivity contribution in [2.45, 2.75) is 33.7 Å². The Labute approximate surface area is 230 Å². The molecule has 1 aromatic heterocycles. The molecule has 0 N–H and O–H groups in total. The summed E-state index contributed by atoms with van der Waals surface area (Å²) in [6.45, 7) is 8.36. The number of thiazole rings is 1. The van der Waals surface area contributed by atoms with E-state index < -0.39 is 12.0 Å². The van der Waals surface area contributed by atoms with Gasteiger partial charge in [-0.05, 0) is 69.2 Å². The minimum atomic E-state index is -0.761. The standard InChI is InChI=1S/C29H32N2O7S/c1-7-36-21-13-11-19(16-23(21)37-8-2)26-25(28(33)38-9-3)17(4)30-29-31(26)27(32)24(39-29)15-18-10-12-20(34-5)22(14-18)35-6/h10-16,26H,7-9H2,1-6H3/b24-15-. The average Bonchev–Trinajstić information content (AvgIpc) is 3.23. The number of methoxy groups -OCH3 is 2. The molecular formula is C29H32N2O7S. The molecule has 1 unspecified atom stereocenters. The molecule has 0 amide bonds. The van der Waals surface area contributed by atoms with E-state index in [1.54, 1.807) is 56.9 Å². The number of nitrogens with zero attached hydrogens (tertiary/aromatic N) is 2. The molecule has 2 aromatic carbocycles. The Hall–Kier alpha value is -4.05. The summed E-state index contributed by atoms with van der Waals surface area (Å²) in [6.07, 6.45) is 1.77. The molecule has 4 rings (SSSR count). The zero-order chi connectivity index (χ0) is 28.1. The highest BCUT2D eigenvalue weighted by atomic mass is 32.1. The molecule has 0 saturated heterocycles. The Morgan fingerprint density at radius 3 is 2.31 bits per heavy atom. The van der Waals surface area contributed by atoms with Crippen LogP contribution in [0.25, 0.3) is 6.08 Å². The van der Waals surface area contributed by atoms with E-state index in [4.69, 9.17) is 23.7 Å². The van der Waals surface area contributed by atoms with Crippen LogP contribution in [0.3, 0.4) is 0 Å². The number of rotatable bonds is 10. The number of esters is 1. The van der Waals surface area contributed by atoms with Gasteiger partial charge in [-0.1, -0.05) is 23.5 Å². The molecule has 39 heavy (non-hydrogen) atoms. The molecule has 206 valence electrons. The lowest BCUT2D eigenvalue weighted by Gasteiger charge is -2.25. The van der Waals surface area contributed by atoms with E-state index in [9.17, 15) is 9.59 Å². The summed E-state index contributed by atoms with van der Waals surface area (Å²) >= 11 is 1.25. The van der Waals surface area contributed by atoms with Gasteiger partial charge in [0.1, 0.15) is 0 Å². The molecule has 0 fully saturated rings. The Bertz CT molecular complexity index is 1590. The molecule has 1 atom stereocenters. The molecule has 0 radical (unpaired) electrons. The maximum atomic E-state index is 13.9. The van der Waals surface area contributed by atoms with Crippen LogP contribution < -0.4 is 33.8 Å². The van der Waals surface area contributed by atoms with Crippen molar-refractivity contribution in [2.75, 3.05) is 34.0 Å². The fraction of sp³-hybridized carbons (Fsp3) is 0.345. The first-order chi connectivity index (χ1) is 18.9. The van der Waals surface area contributed by atoms with Crippen molar-refractivity contribution in [1.82, 2.24) is 4.57 Å². The van der Waals surface area contributed by atoms with Crippen molar-refractivity contribution in [1.29, 1.82) is 0 Å². The number of hydrogen-bond donors (Lipinski definition) is 0. The Morgan fingerprint density at radius 2 is 1.64 bits per heavy atom. The fourth-order valence-electron chi connectivity index (χ4n) is 4.44. The summed E-state index contributed by atoms with van der Waals surface area (Å²) in [5.41, 5.74) is 1.95. The van der Waals surface area contributed by atoms with Crippen LogP contribution >= 0.6 is 11.3 Å². The van der Waals surface area contributed by atoms with Gasteiger partial charge in [0.25, 0.3) is 5.56 Å². The summed E-state index contributed by atoms with van der Waals surface area (Å²) in [6, 6.07) is 10.1. The summed E-state index contributed by atoms with van der Waals surface area (Å²) in [5, 5.41) is 0. The number of allylic oxidation sites excluding steroid dienone is 1. The van der Waals surface area contributed by atoms with Gasteiger partial charge in [-0.2, -0.15) is 0 Å². The first kappa shape index (κ1) is 28.0. The number of ether oxygens (including phenoxy) is 5. The van der Waals surface area contributed by atoms with E-state index in [2.05, 4.69) is 4.99 Å². The first-order valence-corrected chi connectivity index (χ1v) is 13.5. The highest BCUT2D eigenvalue weighted by Crippen LogP contribution is 2.36. The lowest BCUT2D eigenvalue weighted by molar-refractivity contribution is -0.139. The van der Waals surface area contributed by atoms with E-state index in [1.165, 1.54) is 11.3 Å². The van der Waals surface area contributed by atoms with Gasteiger partial charge in [0.05, 0.1) is 55.9 Å². The van der Waals surface area contributed by atoms with Crippen LogP contribution in [0.1, 0.15) is 44.9 Å². The lowest BCUT2D eigenvalue weighted by atomic mass is 9.95. The van der Waals surface area contributed by atoms with Crippen LogP contribution in [0.2, 0.25) is 0 Å². The number of hydrogen-bond acceptors (Lipinski definition) is 9. The van der Waals surface area contributed by atoms with Crippen LogP contribution in [0.4, 0.5) is 0 Å². The van der Waals surface area contributed by atoms with E-state index in [1.807, 2.05) is 32.0 Å².